The van der Waals surface area contributed by atoms with Crippen LogP contribution < -0.4 is 0 Å². The molecule has 0 bridgehead atoms. The van der Waals surface area contributed by atoms with Crippen molar-refractivity contribution in [3.8, 4) is 34.2 Å². The van der Waals surface area contributed by atoms with Crippen LogP contribution in [0.5, 0.6) is 0 Å². The highest BCUT2D eigenvalue weighted by molar-refractivity contribution is 6.41. The molecule has 0 radical (unpaired) electrons. The van der Waals surface area contributed by atoms with Crippen LogP contribution in [0.1, 0.15) is 0 Å². The summed E-state index contributed by atoms with van der Waals surface area (Å²) >= 11 is 0. The minimum Gasteiger partial charge on any atom is -0.456 e. The fourth-order valence-electron chi connectivity index (χ4n) is 9.49. The molecule has 0 aliphatic rings. The lowest BCUT2D eigenvalue weighted by Gasteiger charge is -2.14. The van der Waals surface area contributed by atoms with Gasteiger partial charge in [-0.15, -0.1) is 0 Å². The second-order valence-electron chi connectivity index (χ2n) is 14.9. The molecule has 0 aliphatic heterocycles. The van der Waals surface area contributed by atoms with E-state index < -0.39 is 0 Å². The van der Waals surface area contributed by atoms with Crippen LogP contribution in [0.15, 0.2) is 186 Å². The summed E-state index contributed by atoms with van der Waals surface area (Å²) in [5.74, 6) is 1.46. The number of hydrogen-bond donors (Lipinski definition) is 0. The number of fused-ring (bicyclic) bond motifs is 10. The number of benzene rings is 9. The van der Waals surface area contributed by atoms with Crippen LogP contribution in [0.3, 0.4) is 0 Å². The van der Waals surface area contributed by atoms with Gasteiger partial charge in [0.2, 0.25) is 0 Å². The van der Waals surface area contributed by atoms with Crippen LogP contribution in [-0.2, 0) is 0 Å². The Kier molecular flexibility index (Phi) is 6.10. The normalized spacial score (nSPS) is 12.2. The molecule has 0 amide bonds. The monoisotopic (exact) mass is 726 g/mol. The molecule has 264 valence electrons. The second kappa shape index (κ2) is 11.4. The van der Waals surface area contributed by atoms with Gasteiger partial charge in [-0.25, -0.2) is 9.97 Å². The molecule has 5 nitrogen and oxygen atoms in total. The molecule has 0 aliphatic carbocycles. The van der Waals surface area contributed by atoms with Crippen molar-refractivity contribution in [2.24, 2.45) is 0 Å². The van der Waals surface area contributed by atoms with Crippen molar-refractivity contribution in [3.63, 3.8) is 0 Å². The molecule has 0 saturated heterocycles. The predicted octanol–water partition coefficient (Wildman–Crippen LogP) is 13.6. The van der Waals surface area contributed by atoms with E-state index in [1.54, 1.807) is 0 Å². The smallest absolute Gasteiger partial charge is 0.162 e. The minimum absolute atomic E-state index is 0.653. The van der Waals surface area contributed by atoms with Gasteiger partial charge in [0.1, 0.15) is 17.0 Å². The maximum absolute atomic E-state index is 6.22. The van der Waals surface area contributed by atoms with Crippen LogP contribution in [0.2, 0.25) is 0 Å². The fraction of sp³-hybridized carbons (Fsp3) is 0. The minimum atomic E-state index is 0.653. The van der Waals surface area contributed by atoms with Crippen molar-refractivity contribution in [1.29, 1.82) is 0 Å². The Hall–Kier alpha value is -7.76. The molecule has 0 saturated carbocycles. The Balaban J connectivity index is 1.20. The van der Waals surface area contributed by atoms with Crippen LogP contribution in [0.4, 0.5) is 0 Å². The van der Waals surface area contributed by atoms with Gasteiger partial charge in [-0.2, -0.15) is 0 Å². The Morgan fingerprint density at radius 2 is 0.982 bits per heavy atom. The lowest BCUT2D eigenvalue weighted by atomic mass is 9.92. The van der Waals surface area contributed by atoms with E-state index in [0.29, 0.717) is 5.82 Å². The summed E-state index contributed by atoms with van der Waals surface area (Å²) < 4.78 is 11.0. The highest BCUT2D eigenvalue weighted by atomic mass is 16.3. The van der Waals surface area contributed by atoms with E-state index in [4.69, 9.17) is 14.4 Å². The summed E-state index contributed by atoms with van der Waals surface area (Å²) in [5, 5.41) is 12.1. The van der Waals surface area contributed by atoms with Gasteiger partial charge in [0, 0.05) is 60.6 Å². The average molecular weight is 727 g/mol. The highest BCUT2D eigenvalue weighted by Crippen LogP contribution is 2.49. The summed E-state index contributed by atoms with van der Waals surface area (Å²) in [6, 6.07) is 64.6. The van der Waals surface area contributed by atoms with Gasteiger partial charge in [0.05, 0.1) is 27.8 Å². The van der Waals surface area contributed by atoms with Crippen molar-refractivity contribution >= 4 is 87.1 Å². The molecule has 0 unspecified atom stereocenters. The van der Waals surface area contributed by atoms with Gasteiger partial charge >= 0.3 is 0 Å². The van der Waals surface area contributed by atoms with Gasteiger partial charge in [0.25, 0.3) is 0 Å². The molecule has 4 aromatic heterocycles. The van der Waals surface area contributed by atoms with E-state index in [1.807, 2.05) is 24.3 Å². The van der Waals surface area contributed by atoms with Crippen molar-refractivity contribution in [2.75, 3.05) is 0 Å². The lowest BCUT2D eigenvalue weighted by Crippen LogP contribution is -2.03. The summed E-state index contributed by atoms with van der Waals surface area (Å²) in [6.07, 6.45) is 0. The first kappa shape index (κ1) is 30.6. The van der Waals surface area contributed by atoms with E-state index in [0.717, 1.165) is 61.3 Å². The van der Waals surface area contributed by atoms with E-state index in [1.165, 1.54) is 54.1 Å². The fourth-order valence-corrected chi connectivity index (χ4v) is 9.49. The topological polar surface area (TPSA) is 48.8 Å². The van der Waals surface area contributed by atoms with Crippen molar-refractivity contribution < 1.29 is 4.42 Å². The molecule has 0 N–H and O–H groups in total. The van der Waals surface area contributed by atoms with Crippen LogP contribution in [0.25, 0.3) is 121 Å². The zero-order valence-corrected chi connectivity index (χ0v) is 30.5. The van der Waals surface area contributed by atoms with Crippen LogP contribution >= 0.6 is 0 Å². The maximum Gasteiger partial charge on any atom is 0.162 e. The van der Waals surface area contributed by atoms with E-state index in [9.17, 15) is 0 Å². The largest absolute Gasteiger partial charge is 0.456 e. The number of hydrogen-bond acceptors (Lipinski definition) is 3. The molecule has 0 spiro atoms. The maximum atomic E-state index is 6.22. The van der Waals surface area contributed by atoms with Crippen molar-refractivity contribution in [1.82, 2.24) is 19.1 Å². The van der Waals surface area contributed by atoms with Gasteiger partial charge in [-0.05, 0) is 70.8 Å². The molecule has 13 aromatic rings. The zero-order valence-electron chi connectivity index (χ0n) is 30.5. The quantitative estimate of drug-likeness (QED) is 0.170. The first-order valence-corrected chi connectivity index (χ1v) is 19.3. The number of para-hydroxylation sites is 3. The van der Waals surface area contributed by atoms with Crippen LogP contribution in [-0.4, -0.2) is 19.1 Å². The third-order valence-electron chi connectivity index (χ3n) is 11.9. The van der Waals surface area contributed by atoms with Gasteiger partial charge < -0.3 is 8.98 Å². The number of rotatable bonds is 4. The number of nitrogens with zero attached hydrogens (tertiary/aromatic N) is 4. The molecule has 5 heteroatoms. The average Bonchev–Trinajstić information content (AvgIpc) is 3.93. The first-order chi connectivity index (χ1) is 28.3. The molecule has 0 fully saturated rings. The molecular formula is C52H30N4O. The second-order valence-corrected chi connectivity index (χ2v) is 14.9. The van der Waals surface area contributed by atoms with Gasteiger partial charge in [-0.1, -0.05) is 121 Å². The summed E-state index contributed by atoms with van der Waals surface area (Å²) in [4.78, 5) is 10.7. The molecule has 9 aromatic carbocycles. The van der Waals surface area contributed by atoms with Gasteiger partial charge in [-0.3, -0.25) is 4.57 Å². The van der Waals surface area contributed by atoms with E-state index in [2.05, 4.69) is 167 Å². The molecule has 0 atom stereocenters. The Labute approximate surface area is 325 Å². The van der Waals surface area contributed by atoms with Crippen molar-refractivity contribution in [2.45, 2.75) is 0 Å². The number of furan rings is 1. The zero-order chi connectivity index (χ0) is 37.2. The van der Waals surface area contributed by atoms with Crippen LogP contribution in [0, 0.1) is 0 Å². The van der Waals surface area contributed by atoms with E-state index in [-0.39, 0.29) is 0 Å². The summed E-state index contributed by atoms with van der Waals surface area (Å²) in [6.45, 7) is 0. The van der Waals surface area contributed by atoms with Crippen molar-refractivity contribution in [3.05, 3.63) is 182 Å². The Bertz CT molecular complexity index is 3740. The summed E-state index contributed by atoms with van der Waals surface area (Å²) in [5.41, 5.74) is 10.2. The number of aromatic nitrogens is 4. The van der Waals surface area contributed by atoms with E-state index >= 15 is 0 Å². The SMILES string of the molecule is c1ccc(-c2cc(-n3c4ccccc4c4c5c6ccccc6c6cccc7c6c5c(cc43)n7-c3ccccc3)nc(-c3ccc4oc5ccccc5c4c3)n2)cc1. The molecule has 57 heavy (non-hydrogen) atoms. The third kappa shape index (κ3) is 4.23. The first-order valence-electron chi connectivity index (χ1n) is 19.3. The highest BCUT2D eigenvalue weighted by Gasteiger charge is 2.26. The predicted molar refractivity (Wildman–Crippen MR) is 235 cm³/mol. The Morgan fingerprint density at radius 1 is 0.351 bits per heavy atom. The summed E-state index contributed by atoms with van der Waals surface area (Å²) in [7, 11) is 0. The lowest BCUT2D eigenvalue weighted by molar-refractivity contribution is 0.669. The molecule has 4 heterocycles. The third-order valence-corrected chi connectivity index (χ3v) is 11.9. The standard InChI is InChI=1S/C52H30N4O/c1-3-14-31(15-4-1)40-29-47(54-52(53-40)32-26-27-46-39(28-32)35-19-10-12-25-45(35)57-46)56-41-23-11-9-21-38(41)49-43(56)30-44-51-48-36(34-18-7-8-20-37(34)50(49)51)22-13-24-42(48)55(44)33-16-5-2-6-17-33/h1-30H. The molecule has 13 rings (SSSR count). The van der Waals surface area contributed by atoms with Gasteiger partial charge in [0.15, 0.2) is 5.82 Å². The molecular weight excluding hydrogens is 697 g/mol. The Morgan fingerprint density at radius 3 is 1.84 bits per heavy atom.